The summed E-state index contributed by atoms with van der Waals surface area (Å²) in [5.74, 6) is 0. The molecular formula is C16H20F3N3O2. The van der Waals surface area contributed by atoms with Crippen molar-refractivity contribution >= 4 is 5.69 Å². The largest absolute Gasteiger partial charge is 0.416 e. The van der Waals surface area contributed by atoms with E-state index in [1.54, 1.807) is 13.0 Å². The van der Waals surface area contributed by atoms with Crippen molar-refractivity contribution in [1.82, 2.24) is 4.90 Å². The molecule has 8 heteroatoms. The number of morpholine rings is 1. The summed E-state index contributed by atoms with van der Waals surface area (Å²) in [5, 5.41) is 22.4. The lowest BCUT2D eigenvalue weighted by atomic mass is 10.0. The molecule has 1 aliphatic heterocycles. The monoisotopic (exact) mass is 343 g/mol. The minimum atomic E-state index is -4.49. The van der Waals surface area contributed by atoms with Gasteiger partial charge in [0.1, 0.15) is 6.07 Å². The zero-order chi connectivity index (χ0) is 17.8. The smallest absolute Gasteiger partial charge is 0.387 e. The number of ether oxygens (including phenoxy) is 1. The minimum absolute atomic E-state index is 0.105. The van der Waals surface area contributed by atoms with Crippen LogP contribution in [0.1, 0.15) is 18.1 Å². The second-order valence-electron chi connectivity index (χ2n) is 6.11. The number of rotatable bonds is 5. The van der Waals surface area contributed by atoms with E-state index in [4.69, 9.17) is 10.00 Å². The first-order valence-electron chi connectivity index (χ1n) is 7.59. The van der Waals surface area contributed by atoms with E-state index in [0.717, 1.165) is 25.2 Å². The number of nitriles is 1. The van der Waals surface area contributed by atoms with Gasteiger partial charge in [0, 0.05) is 26.2 Å². The van der Waals surface area contributed by atoms with Crippen LogP contribution in [0.3, 0.4) is 0 Å². The molecule has 1 aromatic carbocycles. The third-order valence-corrected chi connectivity index (χ3v) is 3.79. The number of nitrogens with zero attached hydrogens (tertiary/aromatic N) is 2. The Kier molecular flexibility index (Phi) is 5.70. The number of benzene rings is 1. The maximum absolute atomic E-state index is 12.7. The molecule has 0 bridgehead atoms. The van der Waals surface area contributed by atoms with Gasteiger partial charge in [-0.1, -0.05) is 0 Å². The Labute approximate surface area is 138 Å². The van der Waals surface area contributed by atoms with Crippen LogP contribution < -0.4 is 5.32 Å². The van der Waals surface area contributed by atoms with Gasteiger partial charge in [0.05, 0.1) is 35.6 Å². The van der Waals surface area contributed by atoms with E-state index in [-0.39, 0.29) is 17.8 Å². The summed E-state index contributed by atoms with van der Waals surface area (Å²) in [6, 6.07) is 4.69. The lowest BCUT2D eigenvalue weighted by Crippen LogP contribution is -2.49. The van der Waals surface area contributed by atoms with E-state index in [1.165, 1.54) is 6.07 Å². The Bertz CT molecular complexity index is 606. The highest BCUT2D eigenvalue weighted by Gasteiger charge is 2.31. The average molecular weight is 343 g/mol. The highest BCUT2D eigenvalue weighted by atomic mass is 19.4. The van der Waals surface area contributed by atoms with Gasteiger partial charge in [-0.15, -0.1) is 0 Å². The molecule has 1 aliphatic rings. The molecule has 1 atom stereocenters. The predicted octanol–water partition coefficient (Wildman–Crippen LogP) is 2.07. The number of halogens is 3. The van der Waals surface area contributed by atoms with Crippen molar-refractivity contribution < 1.29 is 23.0 Å². The molecule has 0 amide bonds. The molecule has 1 fully saturated rings. The number of alkyl halides is 3. The molecule has 1 heterocycles. The number of hydrogen-bond acceptors (Lipinski definition) is 5. The predicted molar refractivity (Wildman–Crippen MR) is 82.5 cm³/mol. The molecule has 2 rings (SSSR count). The highest BCUT2D eigenvalue weighted by molar-refractivity contribution is 5.59. The Balaban J connectivity index is 2.01. The number of anilines is 1. The Morgan fingerprint density at radius 3 is 2.58 bits per heavy atom. The van der Waals surface area contributed by atoms with Crippen LogP contribution >= 0.6 is 0 Å². The summed E-state index contributed by atoms with van der Waals surface area (Å²) < 4.78 is 43.3. The van der Waals surface area contributed by atoms with Gasteiger partial charge in [0.2, 0.25) is 0 Å². The minimum Gasteiger partial charge on any atom is -0.387 e. The fourth-order valence-corrected chi connectivity index (χ4v) is 2.55. The molecule has 0 radical (unpaired) electrons. The molecule has 0 aromatic heterocycles. The maximum Gasteiger partial charge on any atom is 0.416 e. The second kappa shape index (κ2) is 7.38. The summed E-state index contributed by atoms with van der Waals surface area (Å²) in [6.07, 6.45) is -4.49. The van der Waals surface area contributed by atoms with Crippen LogP contribution in [-0.4, -0.2) is 55.0 Å². The fraction of sp³-hybridized carbons (Fsp3) is 0.562. The van der Waals surface area contributed by atoms with E-state index < -0.39 is 17.3 Å². The normalized spacial score (nSPS) is 18.7. The van der Waals surface area contributed by atoms with Crippen molar-refractivity contribution in [3.63, 3.8) is 0 Å². The van der Waals surface area contributed by atoms with Crippen molar-refractivity contribution in [2.24, 2.45) is 0 Å². The first kappa shape index (κ1) is 18.5. The molecule has 2 N–H and O–H groups in total. The van der Waals surface area contributed by atoms with Crippen LogP contribution in [0.4, 0.5) is 18.9 Å². The first-order chi connectivity index (χ1) is 11.2. The van der Waals surface area contributed by atoms with Crippen molar-refractivity contribution in [2.75, 3.05) is 44.7 Å². The molecule has 24 heavy (non-hydrogen) atoms. The molecule has 0 saturated carbocycles. The van der Waals surface area contributed by atoms with Gasteiger partial charge < -0.3 is 15.2 Å². The van der Waals surface area contributed by atoms with E-state index >= 15 is 0 Å². The SMILES string of the molecule is C[C@](O)(CNc1ccc(C(F)(F)F)cc1C#N)CN1CCOCC1. The molecule has 1 saturated heterocycles. The molecule has 0 aliphatic carbocycles. The molecule has 0 spiro atoms. The third kappa shape index (κ3) is 5.09. The van der Waals surface area contributed by atoms with E-state index in [1.807, 2.05) is 0 Å². The van der Waals surface area contributed by atoms with Gasteiger partial charge in [0.15, 0.2) is 0 Å². The molecule has 1 aromatic rings. The fourth-order valence-electron chi connectivity index (χ4n) is 2.55. The maximum atomic E-state index is 12.7. The molecular weight excluding hydrogens is 323 g/mol. The van der Waals surface area contributed by atoms with Gasteiger partial charge in [0.25, 0.3) is 0 Å². The van der Waals surface area contributed by atoms with Crippen molar-refractivity contribution in [2.45, 2.75) is 18.7 Å². The molecule has 132 valence electrons. The topological polar surface area (TPSA) is 68.5 Å². The summed E-state index contributed by atoms with van der Waals surface area (Å²) in [5.41, 5.74) is -1.79. The van der Waals surface area contributed by atoms with Crippen LogP contribution in [0.15, 0.2) is 18.2 Å². The summed E-state index contributed by atoms with van der Waals surface area (Å²) in [7, 11) is 0. The van der Waals surface area contributed by atoms with Gasteiger partial charge in [-0.05, 0) is 25.1 Å². The van der Waals surface area contributed by atoms with Gasteiger partial charge in [-0.25, -0.2) is 0 Å². The van der Waals surface area contributed by atoms with Crippen LogP contribution in [0.2, 0.25) is 0 Å². The second-order valence-corrected chi connectivity index (χ2v) is 6.11. The average Bonchev–Trinajstić information content (AvgIpc) is 2.52. The van der Waals surface area contributed by atoms with Crippen LogP contribution in [0, 0.1) is 11.3 Å². The van der Waals surface area contributed by atoms with E-state index in [9.17, 15) is 18.3 Å². The number of hydrogen-bond donors (Lipinski definition) is 2. The van der Waals surface area contributed by atoms with E-state index in [2.05, 4.69) is 10.2 Å². The quantitative estimate of drug-likeness (QED) is 0.857. The lowest BCUT2D eigenvalue weighted by molar-refractivity contribution is -0.137. The van der Waals surface area contributed by atoms with Gasteiger partial charge in [-0.2, -0.15) is 18.4 Å². The van der Waals surface area contributed by atoms with E-state index in [0.29, 0.717) is 19.8 Å². The lowest BCUT2D eigenvalue weighted by Gasteiger charge is -2.34. The van der Waals surface area contributed by atoms with Gasteiger partial charge >= 0.3 is 6.18 Å². The summed E-state index contributed by atoms with van der Waals surface area (Å²) >= 11 is 0. The zero-order valence-corrected chi connectivity index (χ0v) is 13.4. The molecule has 5 nitrogen and oxygen atoms in total. The first-order valence-corrected chi connectivity index (χ1v) is 7.59. The molecule has 0 unspecified atom stereocenters. The van der Waals surface area contributed by atoms with Crippen molar-refractivity contribution in [1.29, 1.82) is 5.26 Å². The van der Waals surface area contributed by atoms with Crippen LogP contribution in [-0.2, 0) is 10.9 Å². The van der Waals surface area contributed by atoms with Crippen LogP contribution in [0.25, 0.3) is 0 Å². The standard InChI is InChI=1S/C16H20F3N3O2/c1-15(23,11-22-4-6-24-7-5-22)10-21-14-3-2-13(16(17,18)19)8-12(14)9-20/h2-3,8,21,23H,4-7,10-11H2,1H3/t15-/m0/s1. The number of nitrogens with one attached hydrogen (secondary N) is 1. The van der Waals surface area contributed by atoms with Gasteiger partial charge in [-0.3, -0.25) is 4.90 Å². The highest BCUT2D eigenvalue weighted by Crippen LogP contribution is 2.31. The summed E-state index contributed by atoms with van der Waals surface area (Å²) in [6.45, 7) is 4.84. The van der Waals surface area contributed by atoms with Crippen molar-refractivity contribution in [3.8, 4) is 6.07 Å². The zero-order valence-electron chi connectivity index (χ0n) is 13.4. The summed E-state index contributed by atoms with van der Waals surface area (Å²) in [4.78, 5) is 2.06. The Hall–Kier alpha value is -1.82. The number of β-amino-alcohol motifs (C(OH)–C–C–N with tert-alkyl or cyclic N) is 1. The van der Waals surface area contributed by atoms with Crippen LogP contribution in [0.5, 0.6) is 0 Å². The Morgan fingerprint density at radius 2 is 2.00 bits per heavy atom. The number of aliphatic hydroxyl groups is 1. The third-order valence-electron chi connectivity index (χ3n) is 3.79. The van der Waals surface area contributed by atoms with Crippen molar-refractivity contribution in [3.05, 3.63) is 29.3 Å². The Morgan fingerprint density at radius 1 is 1.33 bits per heavy atom.